The van der Waals surface area contributed by atoms with Gasteiger partial charge in [0.25, 0.3) is 0 Å². The highest BCUT2D eigenvalue weighted by Crippen LogP contribution is 2.15. The first-order chi connectivity index (χ1) is 6.49. The zero-order valence-electron chi connectivity index (χ0n) is 9.67. The van der Waals surface area contributed by atoms with E-state index in [1.54, 1.807) is 0 Å². The van der Waals surface area contributed by atoms with Gasteiger partial charge in [0.2, 0.25) is 0 Å². The number of hydrogen-bond donors (Lipinski definition) is 1. The zero-order chi connectivity index (χ0) is 10.6. The highest BCUT2D eigenvalue weighted by molar-refractivity contribution is 5.17. The predicted molar refractivity (Wildman–Crippen MR) is 62.3 cm³/mol. The fraction of sp³-hybridized carbons (Fsp3) is 0.538. The van der Waals surface area contributed by atoms with Crippen LogP contribution in [0.25, 0.3) is 0 Å². The van der Waals surface area contributed by atoms with Crippen LogP contribution in [-0.2, 0) is 0 Å². The molecule has 1 aromatic carbocycles. The van der Waals surface area contributed by atoms with Crippen LogP contribution < -0.4 is 5.32 Å². The van der Waals surface area contributed by atoms with Gasteiger partial charge >= 0.3 is 0 Å². The molecule has 14 heavy (non-hydrogen) atoms. The van der Waals surface area contributed by atoms with E-state index in [0.29, 0.717) is 11.5 Å². The molecular weight excluding hydrogens is 170 g/mol. The lowest BCUT2D eigenvalue weighted by Gasteiger charge is -2.22. The van der Waals surface area contributed by atoms with Crippen molar-refractivity contribution in [3.05, 3.63) is 35.9 Å². The van der Waals surface area contributed by atoms with Gasteiger partial charge in [-0.05, 0) is 17.9 Å². The van der Waals surface area contributed by atoms with Crippen molar-refractivity contribution in [2.24, 2.45) is 5.41 Å². The molecule has 0 saturated carbocycles. The van der Waals surface area contributed by atoms with Crippen LogP contribution in [0, 0.1) is 5.41 Å². The van der Waals surface area contributed by atoms with Crippen LogP contribution in [0.15, 0.2) is 30.3 Å². The van der Waals surface area contributed by atoms with E-state index in [2.05, 4.69) is 63.3 Å². The molecule has 1 aromatic rings. The van der Waals surface area contributed by atoms with Crippen molar-refractivity contribution < 1.29 is 0 Å². The molecule has 0 fully saturated rings. The lowest BCUT2D eigenvalue weighted by Crippen LogP contribution is -2.29. The van der Waals surface area contributed by atoms with Crippen molar-refractivity contribution in [3.8, 4) is 0 Å². The summed E-state index contributed by atoms with van der Waals surface area (Å²) < 4.78 is 0. The molecule has 1 N–H and O–H groups in total. The average molecular weight is 191 g/mol. The summed E-state index contributed by atoms with van der Waals surface area (Å²) in [5.41, 5.74) is 1.71. The topological polar surface area (TPSA) is 12.0 Å². The Balaban J connectivity index is 2.48. The molecule has 0 radical (unpaired) electrons. The van der Waals surface area contributed by atoms with Crippen LogP contribution in [-0.4, -0.2) is 6.54 Å². The van der Waals surface area contributed by atoms with Gasteiger partial charge in [0.15, 0.2) is 0 Å². The van der Waals surface area contributed by atoms with Crippen molar-refractivity contribution in [3.63, 3.8) is 0 Å². The van der Waals surface area contributed by atoms with Crippen LogP contribution in [0.4, 0.5) is 0 Å². The van der Waals surface area contributed by atoms with E-state index in [1.165, 1.54) is 5.56 Å². The fourth-order valence-corrected chi connectivity index (χ4v) is 1.32. The Morgan fingerprint density at radius 3 is 2.21 bits per heavy atom. The van der Waals surface area contributed by atoms with Crippen LogP contribution in [0.3, 0.4) is 0 Å². The van der Waals surface area contributed by atoms with E-state index in [0.717, 1.165) is 6.54 Å². The molecule has 1 atom stereocenters. The maximum Gasteiger partial charge on any atom is 0.0292 e. The number of rotatable bonds is 3. The molecule has 0 heterocycles. The van der Waals surface area contributed by atoms with E-state index in [-0.39, 0.29) is 0 Å². The second-order valence-corrected chi connectivity index (χ2v) is 5.07. The molecule has 1 rings (SSSR count). The monoisotopic (exact) mass is 191 g/mol. The van der Waals surface area contributed by atoms with Gasteiger partial charge in [0.05, 0.1) is 0 Å². The van der Waals surface area contributed by atoms with Gasteiger partial charge in [0, 0.05) is 12.6 Å². The second kappa shape index (κ2) is 4.61. The van der Waals surface area contributed by atoms with Crippen molar-refractivity contribution in [1.82, 2.24) is 5.32 Å². The molecule has 0 aliphatic heterocycles. The van der Waals surface area contributed by atoms with Gasteiger partial charge < -0.3 is 5.32 Å². The van der Waals surface area contributed by atoms with Gasteiger partial charge in [-0.25, -0.2) is 0 Å². The van der Waals surface area contributed by atoms with Crippen molar-refractivity contribution in [2.45, 2.75) is 33.7 Å². The third-order valence-corrected chi connectivity index (χ3v) is 2.24. The Kier molecular flexibility index (Phi) is 3.70. The number of hydrogen-bond acceptors (Lipinski definition) is 1. The maximum absolute atomic E-state index is 3.54. The number of nitrogens with one attached hydrogen (secondary N) is 1. The van der Waals surface area contributed by atoms with Gasteiger partial charge in [-0.15, -0.1) is 0 Å². The first-order valence-corrected chi connectivity index (χ1v) is 5.27. The minimum atomic E-state index is 0.350. The van der Waals surface area contributed by atoms with Crippen molar-refractivity contribution in [2.75, 3.05) is 6.54 Å². The maximum atomic E-state index is 3.54. The first kappa shape index (κ1) is 11.3. The molecule has 1 nitrogen and oxygen atoms in total. The van der Waals surface area contributed by atoms with E-state index in [4.69, 9.17) is 0 Å². The first-order valence-electron chi connectivity index (χ1n) is 5.27. The lowest BCUT2D eigenvalue weighted by atomic mass is 9.96. The zero-order valence-corrected chi connectivity index (χ0v) is 9.67. The molecule has 0 bridgehead atoms. The molecule has 0 spiro atoms. The Bertz CT molecular complexity index is 258. The standard InChI is InChI=1S/C13H21N/c1-11(14-10-13(2,3)4)12-8-6-5-7-9-12/h5-9,11,14H,10H2,1-4H3/t11-/m1/s1. The van der Waals surface area contributed by atoms with E-state index >= 15 is 0 Å². The summed E-state index contributed by atoms with van der Waals surface area (Å²) in [6.45, 7) is 10.00. The van der Waals surface area contributed by atoms with Crippen LogP contribution in [0.2, 0.25) is 0 Å². The largest absolute Gasteiger partial charge is 0.310 e. The van der Waals surface area contributed by atoms with E-state index in [9.17, 15) is 0 Å². The minimum Gasteiger partial charge on any atom is -0.310 e. The minimum absolute atomic E-state index is 0.350. The molecular formula is C13H21N. The summed E-state index contributed by atoms with van der Waals surface area (Å²) in [6.07, 6.45) is 0. The van der Waals surface area contributed by atoms with Crippen molar-refractivity contribution >= 4 is 0 Å². The molecule has 0 aliphatic rings. The van der Waals surface area contributed by atoms with Crippen LogP contribution >= 0.6 is 0 Å². The van der Waals surface area contributed by atoms with Gasteiger partial charge in [-0.1, -0.05) is 51.1 Å². The molecule has 0 unspecified atom stereocenters. The quantitative estimate of drug-likeness (QED) is 0.772. The Morgan fingerprint density at radius 1 is 1.14 bits per heavy atom. The molecule has 0 aromatic heterocycles. The highest BCUT2D eigenvalue weighted by Gasteiger charge is 2.12. The molecule has 0 aliphatic carbocycles. The van der Waals surface area contributed by atoms with Gasteiger partial charge in [-0.3, -0.25) is 0 Å². The molecule has 0 saturated heterocycles. The summed E-state index contributed by atoms with van der Waals surface area (Å²) in [4.78, 5) is 0. The third-order valence-electron chi connectivity index (χ3n) is 2.24. The molecule has 1 heteroatoms. The summed E-state index contributed by atoms with van der Waals surface area (Å²) in [5, 5.41) is 3.54. The molecule has 78 valence electrons. The Hall–Kier alpha value is -0.820. The summed E-state index contributed by atoms with van der Waals surface area (Å²) >= 11 is 0. The summed E-state index contributed by atoms with van der Waals surface area (Å²) in [6, 6.07) is 11.0. The number of benzene rings is 1. The smallest absolute Gasteiger partial charge is 0.0292 e. The Morgan fingerprint density at radius 2 is 1.71 bits per heavy atom. The Labute approximate surface area is 87.5 Å². The summed E-state index contributed by atoms with van der Waals surface area (Å²) in [7, 11) is 0. The highest BCUT2D eigenvalue weighted by atomic mass is 14.9. The van der Waals surface area contributed by atoms with Crippen LogP contribution in [0.5, 0.6) is 0 Å². The third kappa shape index (κ3) is 3.93. The van der Waals surface area contributed by atoms with E-state index in [1.807, 2.05) is 0 Å². The average Bonchev–Trinajstić information content (AvgIpc) is 2.14. The SMILES string of the molecule is C[C@@H](NCC(C)(C)C)c1ccccc1. The molecule has 0 amide bonds. The fourth-order valence-electron chi connectivity index (χ4n) is 1.32. The van der Waals surface area contributed by atoms with Gasteiger partial charge in [0.1, 0.15) is 0 Å². The predicted octanol–water partition coefficient (Wildman–Crippen LogP) is 3.38. The second-order valence-electron chi connectivity index (χ2n) is 5.07. The summed E-state index contributed by atoms with van der Waals surface area (Å²) in [5.74, 6) is 0. The van der Waals surface area contributed by atoms with E-state index < -0.39 is 0 Å². The normalized spacial score (nSPS) is 14.0. The van der Waals surface area contributed by atoms with Gasteiger partial charge in [-0.2, -0.15) is 0 Å². The van der Waals surface area contributed by atoms with Crippen molar-refractivity contribution in [1.29, 1.82) is 0 Å². The van der Waals surface area contributed by atoms with Crippen LogP contribution in [0.1, 0.15) is 39.3 Å². The lowest BCUT2D eigenvalue weighted by molar-refractivity contribution is 0.359.